The Balaban J connectivity index is 1.44. The Morgan fingerprint density at radius 3 is 2.73 bits per heavy atom. The molecule has 3 aromatic heterocycles. The molecule has 0 unspecified atom stereocenters. The van der Waals surface area contributed by atoms with Crippen LogP contribution in [0.25, 0.3) is 22.1 Å². The van der Waals surface area contributed by atoms with Crippen LogP contribution in [-0.2, 0) is 17.9 Å². The van der Waals surface area contributed by atoms with Gasteiger partial charge >= 0.3 is 0 Å². The van der Waals surface area contributed by atoms with Gasteiger partial charge in [0.25, 0.3) is 5.56 Å². The van der Waals surface area contributed by atoms with E-state index in [1.165, 1.54) is 6.33 Å². The molecule has 1 amide bonds. The van der Waals surface area contributed by atoms with Gasteiger partial charge in [-0.25, -0.2) is 19.9 Å². The monoisotopic (exact) mass is 466 g/mol. The highest BCUT2D eigenvalue weighted by molar-refractivity contribution is 7.99. The van der Waals surface area contributed by atoms with Crippen LogP contribution in [0.1, 0.15) is 32.1 Å². The molecule has 0 aliphatic carbocycles. The number of amides is 1. The van der Waals surface area contributed by atoms with Crippen LogP contribution in [0.2, 0.25) is 0 Å². The topological polar surface area (TPSA) is 148 Å². The van der Waals surface area contributed by atoms with Gasteiger partial charge in [0, 0.05) is 25.3 Å². The number of unbranched alkanes of at least 4 members (excludes halogenated alkanes) is 2. The lowest BCUT2D eigenvalue weighted by molar-refractivity contribution is -0.118. The number of nitrogen functional groups attached to an aromatic ring is 1. The van der Waals surface area contributed by atoms with Crippen molar-refractivity contribution in [3.63, 3.8) is 0 Å². The van der Waals surface area contributed by atoms with Crippen molar-refractivity contribution in [2.24, 2.45) is 5.73 Å². The van der Waals surface area contributed by atoms with Crippen molar-refractivity contribution in [1.82, 2.24) is 29.1 Å². The fourth-order valence-electron chi connectivity index (χ4n) is 3.66. The van der Waals surface area contributed by atoms with Crippen LogP contribution in [0.4, 0.5) is 5.82 Å². The molecule has 0 saturated heterocycles. The Morgan fingerprint density at radius 1 is 1.03 bits per heavy atom. The molecule has 11 heteroatoms. The number of primary amides is 1. The lowest BCUT2D eigenvalue weighted by Crippen LogP contribution is -2.23. The van der Waals surface area contributed by atoms with Gasteiger partial charge in [-0.3, -0.25) is 14.2 Å². The van der Waals surface area contributed by atoms with E-state index in [1.807, 2.05) is 22.8 Å². The maximum absolute atomic E-state index is 13.1. The number of benzene rings is 1. The van der Waals surface area contributed by atoms with E-state index in [9.17, 15) is 9.59 Å². The molecular formula is C22H26N8O2S. The molecule has 10 nitrogen and oxygen atoms in total. The number of hydrogen-bond acceptors (Lipinski definition) is 8. The van der Waals surface area contributed by atoms with Crippen LogP contribution in [0.3, 0.4) is 0 Å². The van der Waals surface area contributed by atoms with Gasteiger partial charge in [-0.05, 0) is 31.4 Å². The largest absolute Gasteiger partial charge is 0.382 e. The summed E-state index contributed by atoms with van der Waals surface area (Å²) in [5, 5.41) is 1.32. The summed E-state index contributed by atoms with van der Waals surface area (Å²) in [5.74, 6) is 0.844. The Bertz CT molecular complexity index is 1330. The number of aromatic nitrogens is 6. The molecule has 0 fully saturated rings. The Morgan fingerprint density at radius 2 is 1.88 bits per heavy atom. The number of carbonyl (C=O) groups is 1. The summed E-state index contributed by atoms with van der Waals surface area (Å²) in [6.45, 7) is 1.27. The van der Waals surface area contributed by atoms with Crippen molar-refractivity contribution in [2.45, 2.75) is 50.4 Å². The predicted octanol–water partition coefficient (Wildman–Crippen LogP) is 2.35. The first-order chi connectivity index (χ1) is 16.0. The molecule has 0 atom stereocenters. The number of nitrogens with zero attached hydrogens (tertiary/aromatic N) is 6. The van der Waals surface area contributed by atoms with Crippen molar-refractivity contribution in [1.29, 1.82) is 0 Å². The molecule has 0 radical (unpaired) electrons. The first-order valence-corrected chi connectivity index (χ1v) is 11.8. The Hall–Kier alpha value is -3.47. The molecule has 33 heavy (non-hydrogen) atoms. The van der Waals surface area contributed by atoms with Crippen LogP contribution in [0.5, 0.6) is 0 Å². The summed E-state index contributed by atoms with van der Waals surface area (Å²) in [6, 6.07) is 7.40. The standard InChI is InChI=1S/C22H26N8O2S/c23-17(31)9-2-1-5-11-30-21(32)15-7-3-4-8-16(15)28-22(30)33-12-6-10-29-14-27-18-19(24)25-13-26-20(18)29/h3-4,7-8,13-14H,1-2,5-6,9-12H2,(H2,23,31)(H2,24,25,26). The first-order valence-electron chi connectivity index (χ1n) is 10.9. The van der Waals surface area contributed by atoms with Gasteiger partial charge in [0.1, 0.15) is 11.8 Å². The number of thioether (sulfide) groups is 1. The van der Waals surface area contributed by atoms with Crippen LogP contribution in [-0.4, -0.2) is 40.7 Å². The number of rotatable bonds is 11. The molecule has 0 saturated carbocycles. The van der Waals surface area contributed by atoms with Crippen LogP contribution < -0.4 is 17.0 Å². The second-order valence-electron chi connectivity index (χ2n) is 7.72. The average Bonchev–Trinajstić information content (AvgIpc) is 3.22. The van der Waals surface area contributed by atoms with Gasteiger partial charge in [-0.2, -0.15) is 0 Å². The minimum Gasteiger partial charge on any atom is -0.382 e. The number of nitrogens with two attached hydrogens (primary N) is 2. The van der Waals surface area contributed by atoms with Gasteiger partial charge in [0.2, 0.25) is 5.91 Å². The van der Waals surface area contributed by atoms with Crippen molar-refractivity contribution in [3.8, 4) is 0 Å². The minimum atomic E-state index is -0.296. The van der Waals surface area contributed by atoms with Crippen LogP contribution >= 0.6 is 11.8 Å². The number of anilines is 1. The SMILES string of the molecule is NC(=O)CCCCCn1c(SCCCn2cnc3c(N)ncnc32)nc2ccccc2c1=O. The minimum absolute atomic E-state index is 0.0363. The first kappa shape index (κ1) is 22.7. The molecular weight excluding hydrogens is 440 g/mol. The lowest BCUT2D eigenvalue weighted by atomic mass is 10.2. The molecule has 4 rings (SSSR count). The molecule has 0 aliphatic heterocycles. The number of hydrogen-bond donors (Lipinski definition) is 2. The van der Waals surface area contributed by atoms with E-state index < -0.39 is 0 Å². The third kappa shape index (κ3) is 5.30. The zero-order valence-electron chi connectivity index (χ0n) is 18.2. The van der Waals surface area contributed by atoms with Gasteiger partial charge in [-0.15, -0.1) is 0 Å². The lowest BCUT2D eigenvalue weighted by Gasteiger charge is -2.13. The molecule has 172 valence electrons. The molecule has 0 aliphatic rings. The van der Waals surface area contributed by atoms with Gasteiger partial charge in [-0.1, -0.05) is 30.3 Å². The normalized spacial score (nSPS) is 11.4. The number of aryl methyl sites for hydroxylation is 1. The zero-order chi connectivity index (χ0) is 23.2. The highest BCUT2D eigenvalue weighted by atomic mass is 32.2. The van der Waals surface area contributed by atoms with Gasteiger partial charge < -0.3 is 16.0 Å². The maximum Gasteiger partial charge on any atom is 0.262 e. The van der Waals surface area contributed by atoms with E-state index in [0.29, 0.717) is 52.6 Å². The molecule has 0 bridgehead atoms. The van der Waals surface area contributed by atoms with Gasteiger partial charge in [0.05, 0.1) is 17.2 Å². The third-order valence-corrected chi connectivity index (χ3v) is 6.40. The van der Waals surface area contributed by atoms with Crippen molar-refractivity contribution in [2.75, 3.05) is 11.5 Å². The Kier molecular flexibility index (Phi) is 7.18. The fourth-order valence-corrected chi connectivity index (χ4v) is 4.61. The van der Waals surface area contributed by atoms with Gasteiger partial charge in [0.15, 0.2) is 16.6 Å². The third-order valence-electron chi connectivity index (χ3n) is 5.34. The summed E-state index contributed by atoms with van der Waals surface area (Å²) in [4.78, 5) is 41.3. The number of carbonyl (C=O) groups excluding carboxylic acids is 1. The summed E-state index contributed by atoms with van der Waals surface area (Å²) in [7, 11) is 0. The summed E-state index contributed by atoms with van der Waals surface area (Å²) in [6.07, 6.45) is 6.68. The number of fused-ring (bicyclic) bond motifs is 2. The second-order valence-corrected chi connectivity index (χ2v) is 8.78. The summed E-state index contributed by atoms with van der Waals surface area (Å²) < 4.78 is 3.70. The quantitative estimate of drug-likeness (QED) is 0.194. The van der Waals surface area contributed by atoms with E-state index in [-0.39, 0.29) is 11.5 Å². The predicted molar refractivity (Wildman–Crippen MR) is 129 cm³/mol. The smallest absolute Gasteiger partial charge is 0.262 e. The average molecular weight is 467 g/mol. The highest BCUT2D eigenvalue weighted by Gasteiger charge is 2.12. The molecule has 0 spiro atoms. The van der Waals surface area contributed by atoms with E-state index >= 15 is 0 Å². The van der Waals surface area contributed by atoms with E-state index in [2.05, 4.69) is 15.0 Å². The van der Waals surface area contributed by atoms with E-state index in [0.717, 1.165) is 31.4 Å². The number of imidazole rings is 1. The second kappa shape index (κ2) is 10.4. The highest BCUT2D eigenvalue weighted by Crippen LogP contribution is 2.21. The maximum atomic E-state index is 13.1. The molecule has 1 aromatic carbocycles. The van der Waals surface area contributed by atoms with Crippen LogP contribution in [0.15, 0.2) is 46.9 Å². The van der Waals surface area contributed by atoms with Crippen molar-refractivity contribution >= 4 is 45.6 Å². The number of para-hydroxylation sites is 1. The fraction of sp³-hybridized carbons (Fsp3) is 0.364. The van der Waals surface area contributed by atoms with Crippen molar-refractivity contribution < 1.29 is 4.79 Å². The Labute approximate surface area is 194 Å². The van der Waals surface area contributed by atoms with Crippen LogP contribution in [0, 0.1) is 0 Å². The van der Waals surface area contributed by atoms with E-state index in [1.54, 1.807) is 28.7 Å². The van der Waals surface area contributed by atoms with Crippen molar-refractivity contribution in [3.05, 3.63) is 47.3 Å². The molecule has 4 aromatic rings. The zero-order valence-corrected chi connectivity index (χ0v) is 19.0. The van der Waals surface area contributed by atoms with E-state index in [4.69, 9.17) is 16.5 Å². The summed E-state index contributed by atoms with van der Waals surface area (Å²) in [5.41, 5.74) is 13.0. The summed E-state index contributed by atoms with van der Waals surface area (Å²) >= 11 is 1.56. The molecule has 3 heterocycles. The molecule has 4 N–H and O–H groups in total.